The fraction of sp³-hybridized carbons (Fsp3) is 0.200. The minimum atomic E-state index is 0.0436. The summed E-state index contributed by atoms with van der Waals surface area (Å²) in [5.41, 5.74) is 12.4. The van der Waals surface area contributed by atoms with E-state index in [1.807, 2.05) is 66.3 Å². The number of ether oxygens (including phenoxy) is 2. The second-order valence-corrected chi connectivity index (χ2v) is 7.40. The van der Waals surface area contributed by atoms with Crippen LogP contribution in [0.2, 0.25) is 0 Å². The average Bonchev–Trinajstić information content (AvgIpc) is 3.20. The molecule has 6 N–H and O–H groups in total. The maximum Gasteiger partial charge on any atom is 0.204 e. The Labute approximate surface area is 203 Å². The van der Waals surface area contributed by atoms with Gasteiger partial charge < -0.3 is 36.4 Å². The molecule has 0 radical (unpaired) electrons. The van der Waals surface area contributed by atoms with Gasteiger partial charge in [0.15, 0.2) is 0 Å². The number of nitrogens with two attached hydrogens (primary N) is 1. The van der Waals surface area contributed by atoms with Gasteiger partial charge in [0.05, 0.1) is 55.2 Å². The van der Waals surface area contributed by atoms with E-state index in [2.05, 4.69) is 27.9 Å². The molecule has 4 rings (SSSR count). The van der Waals surface area contributed by atoms with Gasteiger partial charge in [-0.1, -0.05) is 6.07 Å². The number of nitrogens with one attached hydrogen (secondary N) is 3. The quantitative estimate of drug-likeness (QED) is 0.312. The summed E-state index contributed by atoms with van der Waals surface area (Å²) in [6.45, 7) is 2.90. The van der Waals surface area contributed by atoms with Gasteiger partial charge in [-0.3, -0.25) is 9.47 Å². The molecule has 0 saturated heterocycles. The van der Waals surface area contributed by atoms with Crippen molar-refractivity contribution in [2.75, 3.05) is 42.9 Å². The van der Waals surface area contributed by atoms with Crippen molar-refractivity contribution in [1.82, 2.24) is 4.68 Å². The summed E-state index contributed by atoms with van der Waals surface area (Å²) in [6.07, 6.45) is 2.18. The molecular weight excluding hydrogens is 448 g/mol. The van der Waals surface area contributed by atoms with Gasteiger partial charge in [-0.05, 0) is 43.3 Å². The van der Waals surface area contributed by atoms with Crippen molar-refractivity contribution in [3.8, 4) is 23.3 Å². The second-order valence-electron chi connectivity index (χ2n) is 7.40. The molecule has 0 bridgehead atoms. The van der Waals surface area contributed by atoms with Crippen molar-refractivity contribution >= 4 is 23.5 Å². The molecule has 0 saturated carbocycles. The van der Waals surface area contributed by atoms with E-state index in [9.17, 15) is 5.26 Å². The van der Waals surface area contributed by atoms with Crippen LogP contribution in [0.5, 0.6) is 17.2 Å². The smallest absolute Gasteiger partial charge is 0.204 e. The highest BCUT2D eigenvalue weighted by Crippen LogP contribution is 2.33. The van der Waals surface area contributed by atoms with Crippen LogP contribution in [-0.2, 0) is 4.79 Å². The summed E-state index contributed by atoms with van der Waals surface area (Å²) in [6, 6.07) is 17.3. The minimum Gasteiger partial charge on any atom is -0.497 e. The molecule has 2 aromatic carbocycles. The lowest BCUT2D eigenvalue weighted by molar-refractivity contribution is -0.106. The van der Waals surface area contributed by atoms with E-state index in [0.717, 1.165) is 34.1 Å². The number of carbonyl (C=O) groups is 1. The Morgan fingerprint density at radius 3 is 2.60 bits per heavy atom. The van der Waals surface area contributed by atoms with Crippen molar-refractivity contribution < 1.29 is 19.4 Å². The summed E-state index contributed by atoms with van der Waals surface area (Å²) in [5, 5.41) is 25.4. The van der Waals surface area contributed by atoms with Gasteiger partial charge in [0.25, 0.3) is 0 Å². The number of hydrogen-bond acceptors (Lipinski definition) is 8. The van der Waals surface area contributed by atoms with Crippen LogP contribution in [-0.4, -0.2) is 43.0 Å². The van der Waals surface area contributed by atoms with E-state index in [1.54, 1.807) is 7.11 Å². The number of anilines is 2. The Kier molecular flexibility index (Phi) is 8.59. The second kappa shape index (κ2) is 12.0. The van der Waals surface area contributed by atoms with Crippen LogP contribution >= 0.6 is 0 Å². The normalized spacial score (nSPS) is 11.7. The fourth-order valence-corrected chi connectivity index (χ4v) is 3.58. The van der Waals surface area contributed by atoms with Crippen molar-refractivity contribution in [2.45, 2.75) is 6.92 Å². The van der Waals surface area contributed by atoms with E-state index >= 15 is 0 Å². The molecule has 1 aromatic heterocycles. The Bertz CT molecular complexity index is 1230. The molecule has 1 aliphatic heterocycles. The number of carbonyl (C=O) groups excluding carboxylic acids is 1. The summed E-state index contributed by atoms with van der Waals surface area (Å²) >= 11 is 0. The topological polar surface area (TPSA) is 147 Å². The van der Waals surface area contributed by atoms with E-state index in [0.29, 0.717) is 30.2 Å². The first-order valence-corrected chi connectivity index (χ1v) is 10.8. The molecule has 2 heterocycles. The van der Waals surface area contributed by atoms with E-state index in [1.165, 1.54) is 0 Å². The number of fused-ring (bicyclic) bond motifs is 1. The minimum absolute atomic E-state index is 0.0436. The number of rotatable bonds is 8. The van der Waals surface area contributed by atoms with E-state index < -0.39 is 0 Å². The number of amides is 1. The van der Waals surface area contributed by atoms with Gasteiger partial charge in [0.2, 0.25) is 6.41 Å². The molecule has 0 aliphatic carbocycles. The molecule has 10 heteroatoms. The number of benzene rings is 2. The lowest BCUT2D eigenvalue weighted by Gasteiger charge is -2.23. The molecule has 35 heavy (non-hydrogen) atoms. The van der Waals surface area contributed by atoms with Gasteiger partial charge in [-0.2, -0.15) is 5.26 Å². The van der Waals surface area contributed by atoms with E-state index in [-0.39, 0.29) is 13.0 Å². The van der Waals surface area contributed by atoms with Crippen molar-refractivity contribution in [2.24, 2.45) is 5.73 Å². The highest BCUT2D eigenvalue weighted by molar-refractivity contribution is 5.85. The molecular formula is C25H28N6O4. The number of nitriles is 1. The zero-order chi connectivity index (χ0) is 25.2. The summed E-state index contributed by atoms with van der Waals surface area (Å²) in [4.78, 5) is 8.58. The zero-order valence-corrected chi connectivity index (χ0v) is 19.5. The molecule has 10 nitrogen and oxygen atoms in total. The molecule has 1 amide bonds. The van der Waals surface area contributed by atoms with Crippen LogP contribution in [0, 0.1) is 18.3 Å². The van der Waals surface area contributed by atoms with Crippen LogP contribution in [0.4, 0.5) is 11.4 Å². The monoisotopic (exact) mass is 476 g/mol. The molecule has 182 valence electrons. The van der Waals surface area contributed by atoms with Gasteiger partial charge in [-0.25, -0.2) is 0 Å². The molecule has 3 aromatic rings. The molecule has 0 atom stereocenters. The van der Waals surface area contributed by atoms with Crippen molar-refractivity contribution in [3.05, 3.63) is 71.6 Å². The van der Waals surface area contributed by atoms with Crippen LogP contribution in [0.15, 0.2) is 60.3 Å². The van der Waals surface area contributed by atoms with Crippen molar-refractivity contribution in [1.29, 1.82) is 5.26 Å². The lowest BCUT2D eigenvalue weighted by atomic mass is 10.1. The highest BCUT2D eigenvalue weighted by atomic mass is 16.5. The predicted molar refractivity (Wildman–Crippen MR) is 135 cm³/mol. The first kappa shape index (κ1) is 25.0. The molecule has 1 aliphatic rings. The van der Waals surface area contributed by atoms with Gasteiger partial charge in [0, 0.05) is 23.9 Å². The van der Waals surface area contributed by atoms with Crippen LogP contribution in [0.1, 0.15) is 11.3 Å². The number of aromatic nitrogens is 1. The molecule has 0 spiro atoms. The first-order valence-electron chi connectivity index (χ1n) is 10.8. The van der Waals surface area contributed by atoms with Crippen LogP contribution < -0.4 is 31.3 Å². The largest absolute Gasteiger partial charge is 0.497 e. The third kappa shape index (κ3) is 6.04. The van der Waals surface area contributed by atoms with E-state index in [4.69, 9.17) is 19.4 Å². The van der Waals surface area contributed by atoms with Gasteiger partial charge in [-0.15, -0.1) is 0 Å². The SMILES string of the molecule is COc1cccc(Oc2ccc(NC3=C(C#N)CNn4cc(NCCO)c(C)c43)cc2)c1.NC=O. The molecule has 0 fully saturated rings. The number of nitrogens with zero attached hydrogens (tertiary/aromatic N) is 2. The molecule has 0 unspecified atom stereocenters. The fourth-order valence-electron chi connectivity index (χ4n) is 3.58. The highest BCUT2D eigenvalue weighted by Gasteiger charge is 2.23. The Morgan fingerprint density at radius 2 is 1.94 bits per heavy atom. The number of hydrogen-bond donors (Lipinski definition) is 5. The third-order valence-corrected chi connectivity index (χ3v) is 5.19. The Hall–Kier alpha value is -4.62. The predicted octanol–water partition coefficient (Wildman–Crippen LogP) is 3.01. The first-order chi connectivity index (χ1) is 17.0. The number of aliphatic hydroxyl groups excluding tert-OH is 1. The summed E-state index contributed by atoms with van der Waals surface area (Å²) in [5.74, 6) is 2.11. The standard InChI is InChI=1S/C24H25N5O3.CH3NO/c1-16-22(26-10-11-30)15-29-24(16)23(17(13-25)14-27-29)28-18-6-8-19(9-7-18)32-21-5-3-4-20(12-21)31-2;2-1-3/h3-9,12,15,26-28,30H,10-11,14H2,1-2H3;1H,(H2,2,3). The Balaban J connectivity index is 0.00000108. The lowest BCUT2D eigenvalue weighted by Crippen LogP contribution is -2.26. The number of methoxy groups -OCH3 is 1. The van der Waals surface area contributed by atoms with Gasteiger partial charge in [0.1, 0.15) is 17.2 Å². The van der Waals surface area contributed by atoms with Crippen LogP contribution in [0.3, 0.4) is 0 Å². The zero-order valence-electron chi connectivity index (χ0n) is 19.5. The van der Waals surface area contributed by atoms with Gasteiger partial charge >= 0.3 is 0 Å². The maximum absolute atomic E-state index is 9.68. The Morgan fingerprint density at radius 1 is 1.23 bits per heavy atom. The van der Waals surface area contributed by atoms with Crippen LogP contribution in [0.25, 0.3) is 5.70 Å². The maximum atomic E-state index is 9.68. The summed E-state index contributed by atoms with van der Waals surface area (Å²) < 4.78 is 13.0. The third-order valence-electron chi connectivity index (χ3n) is 5.19. The number of primary amides is 1. The van der Waals surface area contributed by atoms with Crippen molar-refractivity contribution in [3.63, 3.8) is 0 Å². The number of aliphatic hydroxyl groups is 1. The average molecular weight is 477 g/mol. The summed E-state index contributed by atoms with van der Waals surface area (Å²) in [7, 11) is 1.62.